The Balaban J connectivity index is 1.23. The first-order valence-corrected chi connectivity index (χ1v) is 15.2. The van der Waals surface area contributed by atoms with Crippen LogP contribution in [0, 0.1) is 0 Å². The number of benzene rings is 8. The van der Waals surface area contributed by atoms with Gasteiger partial charge in [-0.15, -0.1) is 11.3 Å². The van der Waals surface area contributed by atoms with Crippen molar-refractivity contribution in [2.45, 2.75) is 0 Å². The molecule has 9 rings (SSSR count). The summed E-state index contributed by atoms with van der Waals surface area (Å²) < 4.78 is 2.68. The molecule has 0 radical (unpaired) electrons. The molecule has 0 unspecified atom stereocenters. The maximum Gasteiger partial charge on any atom is 0.0540 e. The van der Waals surface area contributed by atoms with E-state index in [0.29, 0.717) is 0 Å². The van der Waals surface area contributed by atoms with Gasteiger partial charge in [-0.25, -0.2) is 0 Å². The van der Waals surface area contributed by atoms with E-state index >= 15 is 0 Å². The predicted octanol–water partition coefficient (Wildman–Crippen LogP) is 12.1. The number of nitrogens with zero attached hydrogens (tertiary/aromatic N) is 1. The highest BCUT2D eigenvalue weighted by Gasteiger charge is 2.18. The van der Waals surface area contributed by atoms with Gasteiger partial charge < -0.3 is 4.90 Å². The first-order chi connectivity index (χ1) is 20.8. The second-order valence-corrected chi connectivity index (χ2v) is 12.0. The largest absolute Gasteiger partial charge is 0.310 e. The number of thiophene rings is 1. The van der Waals surface area contributed by atoms with E-state index in [9.17, 15) is 0 Å². The van der Waals surface area contributed by atoms with Crippen molar-refractivity contribution >= 4 is 80.9 Å². The van der Waals surface area contributed by atoms with Gasteiger partial charge in [0, 0.05) is 36.9 Å². The Labute approximate surface area is 247 Å². The number of hydrogen-bond donors (Lipinski definition) is 0. The van der Waals surface area contributed by atoms with Crippen LogP contribution < -0.4 is 4.90 Å². The molecule has 1 heterocycles. The lowest BCUT2D eigenvalue weighted by Gasteiger charge is -2.28. The third-order valence-electron chi connectivity index (χ3n) is 8.60. The molecule has 0 bridgehead atoms. The molecule has 0 N–H and O–H groups in total. The Hall–Kier alpha value is -5.18. The van der Waals surface area contributed by atoms with Crippen LogP contribution in [0.25, 0.3) is 63.6 Å². The first kappa shape index (κ1) is 23.5. The molecule has 0 amide bonds. The Morgan fingerprint density at radius 1 is 0.405 bits per heavy atom. The molecule has 0 spiro atoms. The molecule has 1 aromatic heterocycles. The minimum absolute atomic E-state index is 1.14. The monoisotopic (exact) mass is 551 g/mol. The Morgan fingerprint density at radius 2 is 1.05 bits per heavy atom. The van der Waals surface area contributed by atoms with Crippen LogP contribution in [0.3, 0.4) is 0 Å². The molecule has 9 aromatic rings. The van der Waals surface area contributed by atoms with Crippen molar-refractivity contribution in [1.82, 2.24) is 0 Å². The van der Waals surface area contributed by atoms with Crippen molar-refractivity contribution in [3.8, 4) is 11.1 Å². The number of anilines is 3. The Kier molecular flexibility index (Phi) is 5.13. The molecule has 42 heavy (non-hydrogen) atoms. The normalized spacial score (nSPS) is 11.8. The summed E-state index contributed by atoms with van der Waals surface area (Å²) in [7, 11) is 0. The predicted molar refractivity (Wildman–Crippen MR) is 183 cm³/mol. The van der Waals surface area contributed by atoms with Gasteiger partial charge >= 0.3 is 0 Å². The van der Waals surface area contributed by atoms with Crippen molar-refractivity contribution in [2.24, 2.45) is 0 Å². The summed E-state index contributed by atoms with van der Waals surface area (Å²) in [6, 6.07) is 55.4. The van der Waals surface area contributed by atoms with Crippen LogP contribution in [0.15, 0.2) is 152 Å². The SMILES string of the molecule is c1ccc(N(c2ccc(-c3cccc4c3sc3ccccc34)cc2)c2ccc3ccc4cccc5ccc2c3c45)cc1. The molecular formula is C40H25NS. The van der Waals surface area contributed by atoms with Gasteiger partial charge in [0.1, 0.15) is 0 Å². The summed E-state index contributed by atoms with van der Waals surface area (Å²) in [4.78, 5) is 2.40. The molecule has 0 aliphatic heterocycles. The number of hydrogen-bond acceptors (Lipinski definition) is 2. The fourth-order valence-electron chi connectivity index (χ4n) is 6.68. The molecule has 8 aromatic carbocycles. The second-order valence-electron chi connectivity index (χ2n) is 10.9. The molecular weight excluding hydrogens is 527 g/mol. The molecule has 0 atom stereocenters. The van der Waals surface area contributed by atoms with Crippen LogP contribution in [-0.2, 0) is 0 Å². The van der Waals surface area contributed by atoms with Crippen LogP contribution in [0.2, 0.25) is 0 Å². The average molecular weight is 552 g/mol. The summed E-state index contributed by atoms with van der Waals surface area (Å²) in [6.45, 7) is 0. The van der Waals surface area contributed by atoms with Crippen LogP contribution in [0.5, 0.6) is 0 Å². The van der Waals surface area contributed by atoms with Gasteiger partial charge in [-0.2, -0.15) is 0 Å². The molecule has 1 nitrogen and oxygen atoms in total. The Morgan fingerprint density at radius 3 is 1.88 bits per heavy atom. The Bertz CT molecular complexity index is 2380. The van der Waals surface area contributed by atoms with Gasteiger partial charge in [-0.3, -0.25) is 0 Å². The van der Waals surface area contributed by atoms with E-state index < -0.39 is 0 Å². The van der Waals surface area contributed by atoms with Gasteiger partial charge in [0.2, 0.25) is 0 Å². The lowest BCUT2D eigenvalue weighted by atomic mass is 9.93. The third kappa shape index (κ3) is 3.49. The number of para-hydroxylation sites is 1. The first-order valence-electron chi connectivity index (χ1n) is 14.4. The van der Waals surface area contributed by atoms with Crippen molar-refractivity contribution in [1.29, 1.82) is 0 Å². The van der Waals surface area contributed by atoms with E-state index in [2.05, 4.69) is 157 Å². The smallest absolute Gasteiger partial charge is 0.0540 e. The maximum absolute atomic E-state index is 2.40. The fraction of sp³-hybridized carbons (Fsp3) is 0. The summed E-state index contributed by atoms with van der Waals surface area (Å²) in [6.07, 6.45) is 0. The molecule has 2 heteroatoms. The number of fused-ring (bicyclic) bond motifs is 3. The minimum atomic E-state index is 1.14. The van der Waals surface area contributed by atoms with Gasteiger partial charge in [0.05, 0.1) is 5.69 Å². The summed E-state index contributed by atoms with van der Waals surface area (Å²) in [5.74, 6) is 0. The molecule has 196 valence electrons. The lowest BCUT2D eigenvalue weighted by molar-refractivity contribution is 1.30. The van der Waals surface area contributed by atoms with E-state index in [0.717, 1.165) is 11.4 Å². The highest BCUT2D eigenvalue weighted by atomic mass is 32.1. The summed E-state index contributed by atoms with van der Waals surface area (Å²) in [5, 5.41) is 10.4. The van der Waals surface area contributed by atoms with E-state index in [1.807, 2.05) is 11.3 Å². The minimum Gasteiger partial charge on any atom is -0.310 e. The van der Waals surface area contributed by atoms with Crippen LogP contribution >= 0.6 is 11.3 Å². The zero-order chi connectivity index (χ0) is 27.6. The van der Waals surface area contributed by atoms with Crippen LogP contribution in [0.1, 0.15) is 0 Å². The zero-order valence-electron chi connectivity index (χ0n) is 22.8. The van der Waals surface area contributed by atoms with Crippen molar-refractivity contribution in [3.05, 3.63) is 152 Å². The molecule has 0 aliphatic rings. The topological polar surface area (TPSA) is 3.24 Å². The molecule has 0 fully saturated rings. The molecule has 0 aliphatic carbocycles. The van der Waals surface area contributed by atoms with Crippen molar-refractivity contribution in [2.75, 3.05) is 4.90 Å². The van der Waals surface area contributed by atoms with Crippen molar-refractivity contribution in [3.63, 3.8) is 0 Å². The maximum atomic E-state index is 2.40. The van der Waals surface area contributed by atoms with Crippen molar-refractivity contribution < 1.29 is 0 Å². The second kappa shape index (κ2) is 9.17. The standard InChI is InChI=1S/C40H25NS/c1-2-10-30(11-3-1)41(36-25-21-29-17-16-27-8-6-9-28-20-24-35(36)39(29)38(27)28)31-22-18-26(19-23-31)32-13-7-14-34-33-12-4-5-15-37(33)42-40(32)34/h1-25H. The van der Waals surface area contributed by atoms with Crippen LogP contribution in [0.4, 0.5) is 17.1 Å². The summed E-state index contributed by atoms with van der Waals surface area (Å²) >= 11 is 1.88. The van der Waals surface area contributed by atoms with Gasteiger partial charge in [-0.1, -0.05) is 115 Å². The fourth-order valence-corrected chi connectivity index (χ4v) is 7.92. The zero-order valence-corrected chi connectivity index (χ0v) is 23.6. The van der Waals surface area contributed by atoms with Gasteiger partial charge in [0.15, 0.2) is 0 Å². The molecule has 0 saturated carbocycles. The highest BCUT2D eigenvalue weighted by molar-refractivity contribution is 7.26. The lowest BCUT2D eigenvalue weighted by Crippen LogP contribution is -2.10. The van der Waals surface area contributed by atoms with Crippen LogP contribution in [-0.4, -0.2) is 0 Å². The van der Waals surface area contributed by atoms with E-state index in [1.165, 1.54) is 69.3 Å². The van der Waals surface area contributed by atoms with Gasteiger partial charge in [-0.05, 0) is 74.5 Å². The van der Waals surface area contributed by atoms with E-state index in [1.54, 1.807) is 0 Å². The third-order valence-corrected chi connectivity index (χ3v) is 9.82. The van der Waals surface area contributed by atoms with E-state index in [-0.39, 0.29) is 0 Å². The van der Waals surface area contributed by atoms with E-state index in [4.69, 9.17) is 0 Å². The average Bonchev–Trinajstić information content (AvgIpc) is 3.44. The summed E-state index contributed by atoms with van der Waals surface area (Å²) in [5.41, 5.74) is 6.00. The highest BCUT2D eigenvalue weighted by Crippen LogP contribution is 2.45. The quantitative estimate of drug-likeness (QED) is 0.197. The molecule has 0 saturated heterocycles. The van der Waals surface area contributed by atoms with Gasteiger partial charge in [0.25, 0.3) is 0 Å². The number of rotatable bonds is 4.